The topological polar surface area (TPSA) is 34.9 Å². The summed E-state index contributed by atoms with van der Waals surface area (Å²) in [4.78, 5) is 12.3. The number of nitrogens with zero attached hydrogens (tertiary/aromatic N) is 2. The Balaban J connectivity index is 1.95. The molecule has 0 spiro atoms. The fraction of sp³-hybridized carbons (Fsp3) is 0.750. The predicted octanol–water partition coefficient (Wildman–Crippen LogP) is 4.22. The van der Waals surface area contributed by atoms with Crippen LogP contribution in [0.2, 0.25) is 0 Å². The Kier molecular flexibility index (Phi) is 5.82. The zero-order valence-electron chi connectivity index (χ0n) is 12.6. The number of hydrogen-bond donors (Lipinski definition) is 0. The minimum absolute atomic E-state index is 0.364. The van der Waals surface area contributed by atoms with Gasteiger partial charge < -0.3 is 0 Å². The van der Waals surface area contributed by atoms with Crippen LogP contribution in [0.15, 0.2) is 4.47 Å². The van der Waals surface area contributed by atoms with Crippen molar-refractivity contribution in [2.24, 2.45) is 13.0 Å². The van der Waals surface area contributed by atoms with Gasteiger partial charge in [-0.3, -0.25) is 9.48 Å². The van der Waals surface area contributed by atoms with Gasteiger partial charge in [-0.25, -0.2) is 0 Å². The van der Waals surface area contributed by atoms with Crippen LogP contribution in [-0.4, -0.2) is 15.6 Å². The summed E-state index contributed by atoms with van der Waals surface area (Å²) in [6, 6.07) is 0. The summed E-state index contributed by atoms with van der Waals surface area (Å²) in [5.74, 6) is 0.978. The third kappa shape index (κ3) is 3.94. The zero-order valence-corrected chi connectivity index (χ0v) is 14.2. The van der Waals surface area contributed by atoms with E-state index >= 15 is 0 Å². The Bertz CT molecular complexity index is 459. The van der Waals surface area contributed by atoms with Crippen molar-refractivity contribution < 1.29 is 4.79 Å². The maximum absolute atomic E-state index is 12.3. The molecule has 0 N–H and O–H groups in total. The Morgan fingerprint density at radius 2 is 1.95 bits per heavy atom. The first-order valence-corrected chi connectivity index (χ1v) is 8.63. The van der Waals surface area contributed by atoms with E-state index in [0.29, 0.717) is 18.1 Å². The highest BCUT2D eigenvalue weighted by atomic mass is 79.9. The molecule has 1 fully saturated rings. The van der Waals surface area contributed by atoms with Crippen molar-refractivity contribution >= 4 is 21.7 Å². The second-order valence-corrected chi connectivity index (χ2v) is 6.75. The normalized spacial score (nSPS) is 17.1. The molecule has 2 rings (SSSR count). The Labute approximate surface area is 130 Å². The number of Topliss-reactive ketones (excluding diaryl/α,β-unsaturated/α-hetero) is 1. The average Bonchev–Trinajstić information content (AvgIpc) is 2.63. The molecule has 4 heteroatoms. The van der Waals surface area contributed by atoms with E-state index in [2.05, 4.69) is 28.0 Å². The summed E-state index contributed by atoms with van der Waals surface area (Å²) in [5.41, 5.74) is 2.07. The molecule has 0 bridgehead atoms. The molecule has 1 heterocycles. The van der Waals surface area contributed by atoms with Gasteiger partial charge in [0.15, 0.2) is 0 Å². The molecule has 0 aliphatic heterocycles. The summed E-state index contributed by atoms with van der Waals surface area (Å²) < 4.78 is 2.88. The van der Waals surface area contributed by atoms with Crippen molar-refractivity contribution in [2.75, 3.05) is 0 Å². The van der Waals surface area contributed by atoms with E-state index in [1.807, 2.05) is 11.7 Å². The van der Waals surface area contributed by atoms with Crippen LogP contribution in [0.5, 0.6) is 0 Å². The van der Waals surface area contributed by atoms with E-state index in [0.717, 1.165) is 28.7 Å². The lowest BCUT2D eigenvalue weighted by Crippen LogP contribution is -2.13. The highest BCUT2D eigenvalue weighted by Crippen LogP contribution is 2.27. The molecule has 0 atom stereocenters. The maximum atomic E-state index is 12.3. The van der Waals surface area contributed by atoms with Crippen LogP contribution in [0, 0.1) is 5.92 Å². The zero-order chi connectivity index (χ0) is 14.5. The van der Waals surface area contributed by atoms with Gasteiger partial charge in [0, 0.05) is 19.9 Å². The summed E-state index contributed by atoms with van der Waals surface area (Å²) in [6.07, 6.45) is 9.91. The van der Waals surface area contributed by atoms with E-state index < -0.39 is 0 Å². The number of halogens is 1. The number of aryl methyl sites for hydroxylation is 2. The molecule has 0 aromatic carbocycles. The molecule has 0 unspecified atom stereocenters. The quantitative estimate of drug-likeness (QED) is 0.752. The minimum Gasteiger partial charge on any atom is -0.299 e. The van der Waals surface area contributed by atoms with Crippen LogP contribution in [0.3, 0.4) is 0 Å². The lowest BCUT2D eigenvalue weighted by Gasteiger charge is -2.12. The molecule has 0 radical (unpaired) electrons. The predicted molar refractivity (Wildman–Crippen MR) is 84.8 cm³/mol. The van der Waals surface area contributed by atoms with Crippen LogP contribution in [-0.2, 0) is 24.7 Å². The third-order valence-corrected chi connectivity index (χ3v) is 5.27. The first kappa shape index (κ1) is 15.7. The molecule has 3 nitrogen and oxygen atoms in total. The Morgan fingerprint density at radius 3 is 2.50 bits per heavy atom. The molecule has 1 aliphatic carbocycles. The average molecular weight is 341 g/mol. The first-order valence-electron chi connectivity index (χ1n) is 7.83. The minimum atomic E-state index is 0.364. The Morgan fingerprint density at radius 1 is 1.30 bits per heavy atom. The lowest BCUT2D eigenvalue weighted by molar-refractivity contribution is -0.119. The van der Waals surface area contributed by atoms with Crippen molar-refractivity contribution in [1.82, 2.24) is 9.78 Å². The van der Waals surface area contributed by atoms with Gasteiger partial charge in [-0.15, -0.1) is 0 Å². The monoisotopic (exact) mass is 340 g/mol. The van der Waals surface area contributed by atoms with Crippen molar-refractivity contribution in [1.29, 1.82) is 0 Å². The third-order valence-electron chi connectivity index (χ3n) is 4.36. The van der Waals surface area contributed by atoms with Crippen LogP contribution in [0.1, 0.15) is 63.3 Å². The lowest BCUT2D eigenvalue weighted by atomic mass is 9.93. The molecule has 1 aromatic heterocycles. The molecule has 1 saturated carbocycles. The van der Waals surface area contributed by atoms with Crippen molar-refractivity contribution in [3.05, 3.63) is 15.9 Å². The summed E-state index contributed by atoms with van der Waals surface area (Å²) in [7, 11) is 1.93. The molecule has 20 heavy (non-hydrogen) atoms. The maximum Gasteiger partial charge on any atom is 0.139 e. The van der Waals surface area contributed by atoms with Gasteiger partial charge in [-0.1, -0.05) is 45.4 Å². The molecular weight excluding hydrogens is 316 g/mol. The standard InChI is InChI=1S/C16H25BrN2O/c1-3-14-16(17)15(19(2)18-14)11-13(20)10-12-8-6-4-5-7-9-12/h12H,3-11H2,1-2H3. The molecule has 112 valence electrons. The van der Waals surface area contributed by atoms with Gasteiger partial charge in [0.1, 0.15) is 5.78 Å². The van der Waals surface area contributed by atoms with E-state index in [4.69, 9.17) is 0 Å². The van der Waals surface area contributed by atoms with Gasteiger partial charge in [0.25, 0.3) is 0 Å². The van der Waals surface area contributed by atoms with Gasteiger partial charge in [-0.2, -0.15) is 5.10 Å². The van der Waals surface area contributed by atoms with Gasteiger partial charge >= 0.3 is 0 Å². The second kappa shape index (κ2) is 7.39. The van der Waals surface area contributed by atoms with Crippen molar-refractivity contribution in [2.45, 2.75) is 64.7 Å². The largest absolute Gasteiger partial charge is 0.299 e. The van der Waals surface area contributed by atoms with Crippen LogP contribution >= 0.6 is 15.9 Å². The van der Waals surface area contributed by atoms with E-state index in [1.54, 1.807) is 0 Å². The smallest absolute Gasteiger partial charge is 0.139 e. The number of rotatable bonds is 5. The van der Waals surface area contributed by atoms with Gasteiger partial charge in [0.05, 0.1) is 15.9 Å². The van der Waals surface area contributed by atoms with E-state index in [1.165, 1.54) is 38.5 Å². The number of ketones is 1. The summed E-state index contributed by atoms with van der Waals surface area (Å²) >= 11 is 3.59. The number of aromatic nitrogens is 2. The molecular formula is C16H25BrN2O. The van der Waals surface area contributed by atoms with E-state index in [-0.39, 0.29) is 0 Å². The summed E-state index contributed by atoms with van der Waals surface area (Å²) in [6.45, 7) is 2.09. The van der Waals surface area contributed by atoms with Crippen LogP contribution in [0.25, 0.3) is 0 Å². The fourth-order valence-electron chi connectivity index (χ4n) is 3.16. The van der Waals surface area contributed by atoms with Crippen LogP contribution in [0.4, 0.5) is 0 Å². The summed E-state index contributed by atoms with van der Waals surface area (Å²) in [5, 5.41) is 4.46. The second-order valence-electron chi connectivity index (χ2n) is 5.96. The van der Waals surface area contributed by atoms with Crippen molar-refractivity contribution in [3.63, 3.8) is 0 Å². The fourth-order valence-corrected chi connectivity index (χ4v) is 3.92. The number of carbonyl (C=O) groups is 1. The van der Waals surface area contributed by atoms with E-state index in [9.17, 15) is 4.79 Å². The highest BCUT2D eigenvalue weighted by Gasteiger charge is 2.19. The molecule has 1 aromatic rings. The van der Waals surface area contributed by atoms with Crippen LogP contribution < -0.4 is 0 Å². The van der Waals surface area contributed by atoms with Gasteiger partial charge in [0.2, 0.25) is 0 Å². The number of carbonyl (C=O) groups excluding carboxylic acids is 1. The molecule has 1 aliphatic rings. The van der Waals surface area contributed by atoms with Gasteiger partial charge in [-0.05, 0) is 28.3 Å². The molecule has 0 saturated heterocycles. The first-order chi connectivity index (χ1) is 9.61. The molecule has 0 amide bonds. The Hall–Kier alpha value is -0.640. The van der Waals surface area contributed by atoms with Crippen molar-refractivity contribution in [3.8, 4) is 0 Å². The highest BCUT2D eigenvalue weighted by molar-refractivity contribution is 9.10. The number of hydrogen-bond acceptors (Lipinski definition) is 2. The SMILES string of the molecule is CCc1nn(C)c(CC(=O)CC2CCCCCC2)c1Br.